The number of unbranched alkanes of at least 4 members (excludes halogenated alkanes) is 11. The first kappa shape index (κ1) is 30.9. The third-order valence-corrected chi connectivity index (χ3v) is 7.60. The highest BCUT2D eigenvalue weighted by Crippen LogP contribution is 2.24. The summed E-state index contributed by atoms with van der Waals surface area (Å²) in [6, 6.07) is 0.717. The molecule has 0 aromatic carbocycles. The zero-order chi connectivity index (χ0) is 24.0. The van der Waals surface area contributed by atoms with Crippen LogP contribution in [0.25, 0.3) is 0 Å². The van der Waals surface area contributed by atoms with Crippen LogP contribution in [0.15, 0.2) is 0 Å². The molecule has 0 saturated heterocycles. The highest BCUT2D eigenvalue weighted by atomic mass is 16.5. The summed E-state index contributed by atoms with van der Waals surface area (Å²) in [6.45, 7) is 11.5. The van der Waals surface area contributed by atoms with Gasteiger partial charge in [0, 0.05) is 25.7 Å². The first-order valence-corrected chi connectivity index (χ1v) is 15.2. The van der Waals surface area contributed by atoms with Crippen LogP contribution in [-0.2, 0) is 4.74 Å². The summed E-state index contributed by atoms with van der Waals surface area (Å²) in [4.78, 5) is 2.58. The summed E-state index contributed by atoms with van der Waals surface area (Å²) >= 11 is 0. The Kier molecular flexibility index (Phi) is 20.9. The molecule has 3 nitrogen and oxygen atoms in total. The number of ether oxygens (including phenoxy) is 1. The van der Waals surface area contributed by atoms with Crippen LogP contribution in [0.5, 0.6) is 0 Å². The van der Waals surface area contributed by atoms with E-state index in [1.807, 2.05) is 0 Å². The first-order valence-electron chi connectivity index (χ1n) is 15.2. The summed E-state index contributed by atoms with van der Waals surface area (Å²) < 4.78 is 6.15. The number of rotatable bonds is 25. The topological polar surface area (TPSA) is 24.5 Å². The maximum atomic E-state index is 6.15. The molecule has 1 fully saturated rings. The van der Waals surface area contributed by atoms with Crippen LogP contribution in [0, 0.1) is 5.92 Å². The van der Waals surface area contributed by atoms with Gasteiger partial charge in [-0.15, -0.1) is 0 Å². The SMILES string of the molecule is CCCCCCCCNC1CC(OCCCN(C)CC(CCCCCC)CCCCCC)C1. The number of nitrogens with zero attached hydrogens (tertiary/aromatic N) is 1. The lowest BCUT2D eigenvalue weighted by atomic mass is 9.89. The highest BCUT2D eigenvalue weighted by molar-refractivity contribution is 4.85. The normalized spacial score (nSPS) is 18.4. The second-order valence-corrected chi connectivity index (χ2v) is 11.1. The van der Waals surface area contributed by atoms with Crippen LogP contribution in [0.3, 0.4) is 0 Å². The first-order chi connectivity index (χ1) is 16.2. The molecule has 0 atom stereocenters. The van der Waals surface area contributed by atoms with Gasteiger partial charge < -0.3 is 15.0 Å². The van der Waals surface area contributed by atoms with E-state index in [-0.39, 0.29) is 0 Å². The molecule has 1 N–H and O–H groups in total. The zero-order valence-electron chi connectivity index (χ0n) is 23.4. The standard InChI is InChI=1S/C30H62N2O/c1-5-8-11-14-15-18-22-31-29-25-30(26-29)33-24-19-23-32(4)27-28(20-16-12-9-6-2)21-17-13-10-7-3/h28-31H,5-27H2,1-4H3. The van der Waals surface area contributed by atoms with E-state index in [0.29, 0.717) is 6.10 Å². The van der Waals surface area contributed by atoms with Crippen molar-refractivity contribution in [1.82, 2.24) is 10.2 Å². The van der Waals surface area contributed by atoms with Gasteiger partial charge in [0.05, 0.1) is 6.10 Å². The Bertz CT molecular complexity index is 385. The molecule has 0 aromatic heterocycles. The van der Waals surface area contributed by atoms with Gasteiger partial charge in [-0.1, -0.05) is 104 Å². The third-order valence-electron chi connectivity index (χ3n) is 7.60. The molecule has 0 unspecified atom stereocenters. The lowest BCUT2D eigenvalue weighted by Gasteiger charge is -2.36. The minimum atomic E-state index is 0.516. The predicted octanol–water partition coefficient (Wildman–Crippen LogP) is 8.36. The van der Waals surface area contributed by atoms with E-state index in [2.05, 4.69) is 38.0 Å². The van der Waals surface area contributed by atoms with E-state index < -0.39 is 0 Å². The molecule has 33 heavy (non-hydrogen) atoms. The van der Waals surface area contributed by atoms with Crippen LogP contribution < -0.4 is 5.32 Å². The summed E-state index contributed by atoms with van der Waals surface area (Å²) in [5.41, 5.74) is 0. The van der Waals surface area contributed by atoms with Crippen LogP contribution in [0.2, 0.25) is 0 Å². The number of hydrogen-bond acceptors (Lipinski definition) is 3. The van der Waals surface area contributed by atoms with Gasteiger partial charge in [0.2, 0.25) is 0 Å². The molecular weight excluding hydrogens is 404 g/mol. The molecule has 3 heteroatoms. The average Bonchev–Trinajstić information content (AvgIpc) is 2.78. The Morgan fingerprint density at radius 1 is 0.727 bits per heavy atom. The Morgan fingerprint density at radius 3 is 1.88 bits per heavy atom. The minimum absolute atomic E-state index is 0.516. The molecule has 0 radical (unpaired) electrons. The van der Waals surface area contributed by atoms with E-state index in [1.54, 1.807) is 0 Å². The fourth-order valence-corrected chi connectivity index (χ4v) is 5.24. The Morgan fingerprint density at radius 2 is 1.27 bits per heavy atom. The maximum absolute atomic E-state index is 6.15. The van der Waals surface area contributed by atoms with E-state index in [1.165, 1.54) is 142 Å². The molecule has 0 heterocycles. The molecule has 0 aliphatic heterocycles. The van der Waals surface area contributed by atoms with Crippen molar-refractivity contribution >= 4 is 0 Å². The Hall–Kier alpha value is -0.120. The number of nitrogens with one attached hydrogen (secondary N) is 1. The molecule has 0 aromatic rings. The van der Waals surface area contributed by atoms with Gasteiger partial charge in [-0.3, -0.25) is 0 Å². The molecule has 0 spiro atoms. The van der Waals surface area contributed by atoms with Crippen molar-refractivity contribution in [2.75, 3.05) is 33.3 Å². The van der Waals surface area contributed by atoms with E-state index in [4.69, 9.17) is 4.74 Å². The van der Waals surface area contributed by atoms with Gasteiger partial charge in [0.25, 0.3) is 0 Å². The van der Waals surface area contributed by atoms with E-state index in [0.717, 1.165) is 18.6 Å². The Labute approximate surface area is 209 Å². The molecule has 0 bridgehead atoms. The molecular formula is C30H62N2O. The van der Waals surface area contributed by atoms with Gasteiger partial charge in [0.1, 0.15) is 0 Å². The van der Waals surface area contributed by atoms with Gasteiger partial charge >= 0.3 is 0 Å². The van der Waals surface area contributed by atoms with Gasteiger partial charge in [0.15, 0.2) is 0 Å². The second-order valence-electron chi connectivity index (χ2n) is 11.1. The van der Waals surface area contributed by atoms with Crippen LogP contribution in [0.4, 0.5) is 0 Å². The number of hydrogen-bond donors (Lipinski definition) is 1. The van der Waals surface area contributed by atoms with Crippen molar-refractivity contribution in [2.24, 2.45) is 5.92 Å². The van der Waals surface area contributed by atoms with Crippen LogP contribution >= 0.6 is 0 Å². The van der Waals surface area contributed by atoms with Crippen LogP contribution in [0.1, 0.15) is 143 Å². The summed E-state index contributed by atoms with van der Waals surface area (Å²) in [5, 5.41) is 3.73. The molecule has 1 saturated carbocycles. The maximum Gasteiger partial charge on any atom is 0.0604 e. The zero-order valence-corrected chi connectivity index (χ0v) is 23.4. The molecule has 1 rings (SSSR count). The second kappa shape index (κ2) is 22.4. The van der Waals surface area contributed by atoms with Crippen molar-refractivity contribution in [3.63, 3.8) is 0 Å². The minimum Gasteiger partial charge on any atom is -0.378 e. The lowest BCUT2D eigenvalue weighted by molar-refractivity contribution is -0.0192. The average molecular weight is 467 g/mol. The van der Waals surface area contributed by atoms with Crippen molar-refractivity contribution in [1.29, 1.82) is 0 Å². The molecule has 1 aliphatic carbocycles. The van der Waals surface area contributed by atoms with Crippen molar-refractivity contribution in [3.8, 4) is 0 Å². The third kappa shape index (κ3) is 17.9. The van der Waals surface area contributed by atoms with Gasteiger partial charge in [-0.05, 0) is 58.0 Å². The smallest absolute Gasteiger partial charge is 0.0604 e. The highest BCUT2D eigenvalue weighted by Gasteiger charge is 2.28. The van der Waals surface area contributed by atoms with Gasteiger partial charge in [-0.25, -0.2) is 0 Å². The Balaban J connectivity index is 2.02. The molecule has 1 aliphatic rings. The fourth-order valence-electron chi connectivity index (χ4n) is 5.24. The predicted molar refractivity (Wildman–Crippen MR) is 147 cm³/mol. The quantitative estimate of drug-likeness (QED) is 0.137. The monoisotopic (exact) mass is 466 g/mol. The van der Waals surface area contributed by atoms with Crippen molar-refractivity contribution < 1.29 is 4.74 Å². The molecule has 0 amide bonds. The van der Waals surface area contributed by atoms with Gasteiger partial charge in [-0.2, -0.15) is 0 Å². The summed E-state index contributed by atoms with van der Waals surface area (Å²) in [5.74, 6) is 0.898. The van der Waals surface area contributed by atoms with E-state index in [9.17, 15) is 0 Å². The van der Waals surface area contributed by atoms with Crippen molar-refractivity contribution in [3.05, 3.63) is 0 Å². The fraction of sp³-hybridized carbons (Fsp3) is 1.00. The van der Waals surface area contributed by atoms with E-state index >= 15 is 0 Å². The lowest BCUT2D eigenvalue weighted by Crippen LogP contribution is -2.45. The largest absolute Gasteiger partial charge is 0.378 e. The van der Waals surface area contributed by atoms with Crippen molar-refractivity contribution in [2.45, 2.75) is 155 Å². The summed E-state index contributed by atoms with van der Waals surface area (Å²) in [6.07, 6.45) is 26.6. The van der Waals surface area contributed by atoms with Crippen LogP contribution in [-0.4, -0.2) is 50.3 Å². The summed E-state index contributed by atoms with van der Waals surface area (Å²) in [7, 11) is 2.33. The molecule has 198 valence electrons.